The molecule has 0 bridgehead atoms. The number of rotatable bonds is 9. The average molecular weight is 487 g/mol. The normalized spacial score (nSPS) is 11.2. The molecule has 0 fully saturated rings. The lowest BCUT2D eigenvalue weighted by Crippen LogP contribution is -2.38. The van der Waals surface area contributed by atoms with E-state index in [2.05, 4.69) is 5.32 Å². The molecule has 0 spiro atoms. The lowest BCUT2D eigenvalue weighted by molar-refractivity contribution is -0.114. The third-order valence-corrected chi connectivity index (χ3v) is 7.32. The van der Waals surface area contributed by atoms with Gasteiger partial charge in [0.15, 0.2) is 0 Å². The van der Waals surface area contributed by atoms with Gasteiger partial charge in [0, 0.05) is 10.7 Å². The van der Waals surface area contributed by atoms with E-state index in [9.17, 15) is 13.2 Å². The number of sulfonamides is 1. The largest absolute Gasteiger partial charge is 0.497 e. The number of anilines is 2. The predicted molar refractivity (Wildman–Crippen MR) is 133 cm³/mol. The minimum Gasteiger partial charge on any atom is -0.497 e. The fraction of sp³-hybridized carbons (Fsp3) is 0.240. The van der Waals surface area contributed by atoms with Gasteiger partial charge in [0.2, 0.25) is 5.91 Å². The van der Waals surface area contributed by atoms with Crippen molar-refractivity contribution in [1.29, 1.82) is 0 Å². The number of para-hydroxylation sites is 1. The van der Waals surface area contributed by atoms with Crippen molar-refractivity contribution in [2.45, 2.75) is 31.6 Å². The van der Waals surface area contributed by atoms with Gasteiger partial charge >= 0.3 is 0 Å². The van der Waals surface area contributed by atoms with E-state index in [1.807, 2.05) is 32.0 Å². The molecular weight excluding hydrogens is 460 g/mol. The summed E-state index contributed by atoms with van der Waals surface area (Å²) in [5.41, 5.74) is 3.03. The van der Waals surface area contributed by atoms with E-state index in [1.165, 1.54) is 25.3 Å². The molecule has 1 amide bonds. The zero-order valence-electron chi connectivity index (χ0n) is 18.8. The second-order valence-electron chi connectivity index (χ2n) is 7.37. The van der Waals surface area contributed by atoms with Crippen molar-refractivity contribution in [3.8, 4) is 5.75 Å². The van der Waals surface area contributed by atoms with E-state index in [0.29, 0.717) is 16.5 Å². The highest BCUT2D eigenvalue weighted by Gasteiger charge is 2.28. The van der Waals surface area contributed by atoms with Crippen LogP contribution in [0.25, 0.3) is 0 Å². The molecule has 0 aliphatic carbocycles. The predicted octanol–water partition coefficient (Wildman–Crippen LogP) is 5.31. The first-order valence-electron chi connectivity index (χ1n) is 10.6. The number of nitrogens with one attached hydrogen (secondary N) is 1. The van der Waals surface area contributed by atoms with Crippen LogP contribution >= 0.6 is 11.6 Å². The number of methoxy groups -OCH3 is 1. The fourth-order valence-corrected chi connectivity index (χ4v) is 5.13. The smallest absolute Gasteiger partial charge is 0.264 e. The maximum absolute atomic E-state index is 13.5. The van der Waals surface area contributed by atoms with Crippen LogP contribution in [0.2, 0.25) is 5.02 Å². The zero-order chi connectivity index (χ0) is 24.0. The number of benzene rings is 3. The van der Waals surface area contributed by atoms with Crippen LogP contribution in [0.4, 0.5) is 11.4 Å². The summed E-state index contributed by atoms with van der Waals surface area (Å²) in [5.74, 6) is 0.0897. The molecule has 3 aromatic rings. The summed E-state index contributed by atoms with van der Waals surface area (Å²) < 4.78 is 33.3. The number of carbonyl (C=O) groups is 1. The SMILES string of the molecule is CCc1cccc(CC)c1NC(=O)CN(c1cccc(Cl)c1)S(=O)(=O)c1ccc(OC)cc1. The third kappa shape index (κ3) is 5.67. The van der Waals surface area contributed by atoms with Gasteiger partial charge in [-0.05, 0) is 66.4 Å². The number of ether oxygens (including phenoxy) is 1. The van der Waals surface area contributed by atoms with Crippen molar-refractivity contribution < 1.29 is 17.9 Å². The molecule has 0 aromatic heterocycles. The summed E-state index contributed by atoms with van der Waals surface area (Å²) >= 11 is 6.13. The first-order valence-corrected chi connectivity index (χ1v) is 12.4. The lowest BCUT2D eigenvalue weighted by atomic mass is 10.0. The summed E-state index contributed by atoms with van der Waals surface area (Å²) in [7, 11) is -2.55. The number of hydrogen-bond acceptors (Lipinski definition) is 4. The summed E-state index contributed by atoms with van der Waals surface area (Å²) in [6.07, 6.45) is 1.48. The molecule has 3 aromatic carbocycles. The Morgan fingerprint density at radius 3 is 2.12 bits per heavy atom. The van der Waals surface area contributed by atoms with Crippen LogP contribution in [0.1, 0.15) is 25.0 Å². The number of halogens is 1. The van der Waals surface area contributed by atoms with E-state index in [4.69, 9.17) is 16.3 Å². The molecule has 0 atom stereocenters. The van der Waals surface area contributed by atoms with Crippen molar-refractivity contribution in [2.24, 2.45) is 0 Å². The highest BCUT2D eigenvalue weighted by molar-refractivity contribution is 7.92. The van der Waals surface area contributed by atoms with Crippen LogP contribution in [0.3, 0.4) is 0 Å². The Bertz CT molecular complexity index is 1210. The molecule has 0 saturated carbocycles. The molecule has 33 heavy (non-hydrogen) atoms. The highest BCUT2D eigenvalue weighted by Crippen LogP contribution is 2.28. The van der Waals surface area contributed by atoms with Crippen LogP contribution in [0.15, 0.2) is 71.6 Å². The molecule has 0 radical (unpaired) electrons. The number of aryl methyl sites for hydroxylation is 2. The van der Waals surface area contributed by atoms with Gasteiger partial charge in [-0.1, -0.05) is 49.7 Å². The van der Waals surface area contributed by atoms with Gasteiger partial charge in [-0.3, -0.25) is 9.10 Å². The molecule has 8 heteroatoms. The summed E-state index contributed by atoms with van der Waals surface area (Å²) in [5, 5.41) is 3.31. The molecular formula is C25H27ClN2O4S. The van der Waals surface area contributed by atoms with Crippen molar-refractivity contribution in [2.75, 3.05) is 23.3 Å². The van der Waals surface area contributed by atoms with Gasteiger partial charge in [0.05, 0.1) is 17.7 Å². The van der Waals surface area contributed by atoms with Gasteiger partial charge in [-0.2, -0.15) is 0 Å². The molecule has 0 unspecified atom stereocenters. The topological polar surface area (TPSA) is 75.7 Å². The maximum atomic E-state index is 13.5. The number of nitrogens with zero attached hydrogens (tertiary/aromatic N) is 1. The Hall–Kier alpha value is -3.03. The maximum Gasteiger partial charge on any atom is 0.264 e. The quantitative estimate of drug-likeness (QED) is 0.445. The number of amides is 1. The summed E-state index contributed by atoms with van der Waals surface area (Å²) in [4.78, 5) is 13.2. The molecule has 3 rings (SSSR count). The van der Waals surface area contributed by atoms with Crippen molar-refractivity contribution in [3.05, 3.63) is 82.9 Å². The monoisotopic (exact) mass is 486 g/mol. The van der Waals surface area contributed by atoms with E-state index in [-0.39, 0.29) is 4.90 Å². The molecule has 6 nitrogen and oxygen atoms in total. The first kappa shape index (κ1) is 24.6. The Balaban J connectivity index is 1.98. The second-order valence-corrected chi connectivity index (χ2v) is 9.67. The van der Waals surface area contributed by atoms with Gasteiger partial charge in [-0.15, -0.1) is 0 Å². The lowest BCUT2D eigenvalue weighted by Gasteiger charge is -2.25. The fourth-order valence-electron chi connectivity index (χ4n) is 3.53. The van der Waals surface area contributed by atoms with Crippen molar-refractivity contribution in [1.82, 2.24) is 0 Å². The molecule has 1 N–H and O–H groups in total. The van der Waals surface area contributed by atoms with E-state index in [0.717, 1.165) is 34.0 Å². The van der Waals surface area contributed by atoms with E-state index < -0.39 is 22.5 Å². The highest BCUT2D eigenvalue weighted by atomic mass is 35.5. The van der Waals surface area contributed by atoms with Crippen molar-refractivity contribution in [3.63, 3.8) is 0 Å². The molecule has 174 valence electrons. The zero-order valence-corrected chi connectivity index (χ0v) is 20.4. The number of hydrogen-bond donors (Lipinski definition) is 1. The minimum atomic E-state index is -4.06. The first-order chi connectivity index (χ1) is 15.8. The van der Waals surface area contributed by atoms with Crippen molar-refractivity contribution >= 4 is 38.9 Å². The Kier molecular flexibility index (Phi) is 8.00. The molecule has 0 aliphatic heterocycles. The molecule has 0 saturated heterocycles. The average Bonchev–Trinajstić information content (AvgIpc) is 2.82. The number of carbonyl (C=O) groups excluding carboxylic acids is 1. The Labute approximate surface area is 200 Å². The van der Waals surface area contributed by atoms with Gasteiger partial charge in [0.1, 0.15) is 12.3 Å². The molecule has 0 aliphatic rings. The summed E-state index contributed by atoms with van der Waals surface area (Å²) in [6.45, 7) is 3.61. The molecule has 0 heterocycles. The Morgan fingerprint density at radius 2 is 1.58 bits per heavy atom. The Morgan fingerprint density at radius 1 is 0.970 bits per heavy atom. The van der Waals surface area contributed by atoms with Crippen LogP contribution in [0.5, 0.6) is 5.75 Å². The van der Waals surface area contributed by atoms with Crippen LogP contribution < -0.4 is 14.4 Å². The van der Waals surface area contributed by atoms with E-state index >= 15 is 0 Å². The summed E-state index contributed by atoms with van der Waals surface area (Å²) in [6, 6.07) is 18.3. The van der Waals surface area contributed by atoms with E-state index in [1.54, 1.807) is 30.3 Å². The van der Waals surface area contributed by atoms with Gasteiger partial charge < -0.3 is 10.1 Å². The second kappa shape index (κ2) is 10.7. The van der Waals surface area contributed by atoms with Crippen LogP contribution in [-0.2, 0) is 27.7 Å². The van der Waals surface area contributed by atoms with Crippen LogP contribution in [0, 0.1) is 0 Å². The van der Waals surface area contributed by atoms with Gasteiger partial charge in [0.25, 0.3) is 10.0 Å². The van der Waals surface area contributed by atoms with Gasteiger partial charge in [-0.25, -0.2) is 8.42 Å². The minimum absolute atomic E-state index is 0.0410. The standard InChI is InChI=1S/C25H27ClN2O4S/c1-4-18-8-6-9-19(5-2)25(18)27-24(29)17-28(21-11-7-10-20(26)16-21)33(30,31)23-14-12-22(32-3)13-15-23/h6-16H,4-5,17H2,1-3H3,(H,27,29). The van der Waals surface area contributed by atoms with Crippen LogP contribution in [-0.4, -0.2) is 28.0 Å². The third-order valence-electron chi connectivity index (χ3n) is 5.29.